The zero-order valence-electron chi connectivity index (χ0n) is 16.2. The van der Waals surface area contributed by atoms with Gasteiger partial charge in [-0.2, -0.15) is 9.97 Å². The first kappa shape index (κ1) is 19.4. The van der Waals surface area contributed by atoms with E-state index in [1.165, 1.54) is 6.42 Å². The van der Waals surface area contributed by atoms with E-state index in [0.29, 0.717) is 28.0 Å². The van der Waals surface area contributed by atoms with Gasteiger partial charge < -0.3 is 21.3 Å². The van der Waals surface area contributed by atoms with Gasteiger partial charge in [-0.3, -0.25) is 9.59 Å². The van der Waals surface area contributed by atoms with Crippen LogP contribution >= 0.6 is 11.6 Å². The Hall–Kier alpha value is -2.87. The van der Waals surface area contributed by atoms with Gasteiger partial charge in [0.2, 0.25) is 17.8 Å². The van der Waals surface area contributed by atoms with E-state index in [1.807, 2.05) is 13.0 Å². The molecule has 1 atom stereocenters. The van der Waals surface area contributed by atoms with Crippen LogP contribution in [0.4, 0.5) is 23.3 Å². The van der Waals surface area contributed by atoms with Crippen molar-refractivity contribution in [1.82, 2.24) is 9.97 Å². The molecule has 0 spiro atoms. The lowest BCUT2D eigenvalue weighted by Crippen LogP contribution is -2.35. The molecule has 2 aliphatic rings. The van der Waals surface area contributed by atoms with Crippen LogP contribution in [-0.4, -0.2) is 34.9 Å². The summed E-state index contributed by atoms with van der Waals surface area (Å²) in [6, 6.07) is 5.35. The van der Waals surface area contributed by atoms with Crippen molar-refractivity contribution < 1.29 is 9.59 Å². The quantitative estimate of drug-likeness (QED) is 0.711. The van der Waals surface area contributed by atoms with Crippen molar-refractivity contribution in [3.05, 3.63) is 34.3 Å². The van der Waals surface area contributed by atoms with Crippen LogP contribution in [0.5, 0.6) is 0 Å². The number of carbonyl (C=O) groups is 2. The number of nitrogens with two attached hydrogens (primary N) is 1. The summed E-state index contributed by atoms with van der Waals surface area (Å²) in [5, 5.41) is 5.98. The third-order valence-electron chi connectivity index (χ3n) is 5.30. The van der Waals surface area contributed by atoms with Gasteiger partial charge in [0.05, 0.1) is 22.2 Å². The molecule has 0 aliphatic carbocycles. The van der Waals surface area contributed by atoms with Gasteiger partial charge in [-0.1, -0.05) is 17.7 Å². The van der Waals surface area contributed by atoms with Gasteiger partial charge in [-0.15, -0.1) is 0 Å². The minimum atomic E-state index is -0.786. The standard InChI is InChI=1S/C20H23ClN6O2/c1-11-5-6-14(13(21)9-11)23-19(29)12-10-15(28)24-18-16(12)17(22)25-20(26-18)27-7-3-2-4-8-27/h5-6,9,12H,2-4,7-8,10H2,1H3,(H,23,29)(H3,22,24,25,26,28)/t12-/m1/s1. The zero-order valence-corrected chi connectivity index (χ0v) is 16.9. The molecule has 4 N–H and O–H groups in total. The van der Waals surface area contributed by atoms with Gasteiger partial charge in [0.1, 0.15) is 11.6 Å². The topological polar surface area (TPSA) is 113 Å². The highest BCUT2D eigenvalue weighted by Gasteiger charge is 2.35. The molecule has 2 amide bonds. The second kappa shape index (κ2) is 7.87. The third kappa shape index (κ3) is 3.98. The van der Waals surface area contributed by atoms with Gasteiger partial charge in [0.25, 0.3) is 0 Å². The van der Waals surface area contributed by atoms with Gasteiger partial charge in [0.15, 0.2) is 0 Å². The molecule has 0 radical (unpaired) electrons. The maximum Gasteiger partial charge on any atom is 0.232 e. The second-order valence-corrected chi connectivity index (χ2v) is 7.90. The predicted octanol–water partition coefficient (Wildman–Crippen LogP) is 3.08. The summed E-state index contributed by atoms with van der Waals surface area (Å²) in [6.07, 6.45) is 3.28. The highest BCUT2D eigenvalue weighted by Crippen LogP contribution is 2.37. The molecule has 4 rings (SSSR count). The van der Waals surface area contributed by atoms with Crippen molar-refractivity contribution in [3.63, 3.8) is 0 Å². The van der Waals surface area contributed by atoms with E-state index >= 15 is 0 Å². The molecule has 2 aromatic rings. The number of amides is 2. The Bertz CT molecular complexity index is 974. The van der Waals surface area contributed by atoms with E-state index in [9.17, 15) is 9.59 Å². The Morgan fingerprint density at radius 3 is 2.76 bits per heavy atom. The molecule has 1 fully saturated rings. The zero-order chi connectivity index (χ0) is 20.5. The average Bonchev–Trinajstić information content (AvgIpc) is 2.69. The van der Waals surface area contributed by atoms with E-state index in [-0.39, 0.29) is 24.1 Å². The van der Waals surface area contributed by atoms with Crippen LogP contribution in [0.2, 0.25) is 5.02 Å². The average molecular weight is 415 g/mol. The first-order valence-electron chi connectivity index (χ1n) is 9.71. The molecule has 2 aliphatic heterocycles. The smallest absolute Gasteiger partial charge is 0.232 e. The molecule has 8 nitrogen and oxygen atoms in total. The van der Waals surface area contributed by atoms with Crippen LogP contribution in [0.1, 0.15) is 42.7 Å². The summed E-state index contributed by atoms with van der Waals surface area (Å²) in [7, 11) is 0. The van der Waals surface area contributed by atoms with Crippen molar-refractivity contribution in [2.75, 3.05) is 34.4 Å². The molecular weight excluding hydrogens is 392 g/mol. The van der Waals surface area contributed by atoms with Gasteiger partial charge in [0, 0.05) is 19.5 Å². The van der Waals surface area contributed by atoms with Crippen LogP contribution in [0, 0.1) is 6.92 Å². The predicted molar refractivity (Wildman–Crippen MR) is 113 cm³/mol. The maximum absolute atomic E-state index is 13.0. The number of nitrogens with one attached hydrogen (secondary N) is 2. The Kier molecular flexibility index (Phi) is 5.27. The number of aryl methyl sites for hydroxylation is 1. The Labute approximate surface area is 173 Å². The number of hydrogen-bond acceptors (Lipinski definition) is 6. The molecule has 0 unspecified atom stereocenters. The Morgan fingerprint density at radius 1 is 1.28 bits per heavy atom. The number of halogens is 1. The van der Waals surface area contributed by atoms with Crippen LogP contribution in [0.15, 0.2) is 18.2 Å². The van der Waals surface area contributed by atoms with Crippen LogP contribution in [0.25, 0.3) is 0 Å². The van der Waals surface area contributed by atoms with Gasteiger partial charge >= 0.3 is 0 Å². The summed E-state index contributed by atoms with van der Waals surface area (Å²) in [4.78, 5) is 36.3. The number of carbonyl (C=O) groups excluding carboxylic acids is 2. The van der Waals surface area contributed by atoms with Crippen molar-refractivity contribution >= 4 is 46.7 Å². The minimum Gasteiger partial charge on any atom is -0.383 e. The number of rotatable bonds is 3. The van der Waals surface area contributed by atoms with E-state index in [1.54, 1.807) is 12.1 Å². The molecule has 3 heterocycles. The molecule has 1 aromatic carbocycles. The molecule has 1 saturated heterocycles. The summed E-state index contributed by atoms with van der Waals surface area (Å²) >= 11 is 6.23. The number of aromatic nitrogens is 2. The molecule has 1 aromatic heterocycles. The lowest BCUT2D eigenvalue weighted by Gasteiger charge is -2.30. The number of piperidine rings is 1. The van der Waals surface area contributed by atoms with Crippen molar-refractivity contribution in [1.29, 1.82) is 0 Å². The summed E-state index contributed by atoms with van der Waals surface area (Å²) in [5.74, 6) is -0.422. The third-order valence-corrected chi connectivity index (χ3v) is 5.61. The van der Waals surface area contributed by atoms with Gasteiger partial charge in [-0.05, 0) is 43.9 Å². The number of hydrogen-bond donors (Lipinski definition) is 3. The summed E-state index contributed by atoms with van der Waals surface area (Å²) < 4.78 is 0. The molecule has 0 saturated carbocycles. The monoisotopic (exact) mass is 414 g/mol. The maximum atomic E-state index is 13.0. The number of fused-ring (bicyclic) bond motifs is 1. The first-order chi connectivity index (χ1) is 13.9. The minimum absolute atomic E-state index is 0.0288. The SMILES string of the molecule is Cc1ccc(NC(=O)[C@@H]2CC(=O)Nc3nc(N4CCCCC4)nc(N)c32)c(Cl)c1. The number of anilines is 4. The van der Waals surface area contributed by atoms with E-state index in [4.69, 9.17) is 17.3 Å². The van der Waals surface area contributed by atoms with Crippen LogP contribution in [-0.2, 0) is 9.59 Å². The second-order valence-electron chi connectivity index (χ2n) is 7.50. The number of nitrogen functional groups attached to an aromatic ring is 1. The van der Waals surface area contributed by atoms with Crippen molar-refractivity contribution in [2.24, 2.45) is 0 Å². The first-order valence-corrected chi connectivity index (χ1v) is 10.1. The normalized spacial score (nSPS) is 18.8. The fraction of sp³-hybridized carbons (Fsp3) is 0.400. The number of benzene rings is 1. The summed E-state index contributed by atoms with van der Waals surface area (Å²) in [6.45, 7) is 3.61. The molecular formula is C20H23ClN6O2. The molecule has 0 bridgehead atoms. The Morgan fingerprint density at radius 2 is 2.03 bits per heavy atom. The van der Waals surface area contributed by atoms with E-state index in [2.05, 4.69) is 25.5 Å². The lowest BCUT2D eigenvalue weighted by molar-refractivity contribution is -0.123. The van der Waals surface area contributed by atoms with Crippen LogP contribution in [0.3, 0.4) is 0 Å². The lowest BCUT2D eigenvalue weighted by atomic mass is 9.91. The Balaban J connectivity index is 1.64. The molecule has 9 heteroatoms. The van der Waals surface area contributed by atoms with Crippen LogP contribution < -0.4 is 21.3 Å². The van der Waals surface area contributed by atoms with E-state index < -0.39 is 5.92 Å². The number of nitrogens with zero attached hydrogens (tertiary/aromatic N) is 3. The van der Waals surface area contributed by atoms with Gasteiger partial charge in [-0.25, -0.2) is 0 Å². The van der Waals surface area contributed by atoms with E-state index in [0.717, 1.165) is 31.5 Å². The summed E-state index contributed by atoms with van der Waals surface area (Å²) in [5.41, 5.74) is 8.15. The molecule has 29 heavy (non-hydrogen) atoms. The van der Waals surface area contributed by atoms with Crippen molar-refractivity contribution in [2.45, 2.75) is 38.5 Å². The van der Waals surface area contributed by atoms with Crippen molar-refractivity contribution in [3.8, 4) is 0 Å². The largest absolute Gasteiger partial charge is 0.383 e. The highest BCUT2D eigenvalue weighted by atomic mass is 35.5. The fourth-order valence-corrected chi connectivity index (χ4v) is 4.07. The molecule has 152 valence electrons. The highest BCUT2D eigenvalue weighted by molar-refractivity contribution is 6.33. The fourth-order valence-electron chi connectivity index (χ4n) is 3.78.